The largest absolute Gasteiger partial charge is 0.334 e. The van der Waals surface area contributed by atoms with Crippen LogP contribution < -0.4 is 0 Å². The maximum Gasteiger partial charge on any atom is 0.264 e. The van der Waals surface area contributed by atoms with Gasteiger partial charge in [-0.05, 0) is 17.5 Å². The molecule has 4 aromatic rings. The molecule has 2 aromatic heterocycles. The van der Waals surface area contributed by atoms with Gasteiger partial charge in [0.2, 0.25) is 0 Å². The van der Waals surface area contributed by atoms with Crippen LogP contribution in [-0.2, 0) is 0 Å². The average Bonchev–Trinajstić information content (AvgIpc) is 3.28. The van der Waals surface area contributed by atoms with Crippen molar-refractivity contribution < 1.29 is 4.79 Å². The molecule has 6 heteroatoms. The van der Waals surface area contributed by atoms with Gasteiger partial charge in [0.15, 0.2) is 0 Å². The number of benzene rings is 2. The molecule has 26 heavy (non-hydrogen) atoms. The molecule has 3 heterocycles. The van der Waals surface area contributed by atoms with Crippen LogP contribution in [-0.4, -0.2) is 38.9 Å². The summed E-state index contributed by atoms with van der Waals surface area (Å²) in [6.07, 6.45) is 1.96. The second kappa shape index (κ2) is 6.07. The number of rotatable bonds is 3. The third-order valence-electron chi connectivity index (χ3n) is 4.74. The van der Waals surface area contributed by atoms with Gasteiger partial charge in [-0.3, -0.25) is 4.79 Å². The zero-order valence-electron chi connectivity index (χ0n) is 13.9. The molecule has 5 rings (SSSR count). The molecule has 1 aliphatic rings. The first kappa shape index (κ1) is 15.3. The molecule has 0 unspecified atom stereocenters. The molecule has 128 valence electrons. The molecule has 0 radical (unpaired) electrons. The Morgan fingerprint density at radius 2 is 1.81 bits per heavy atom. The lowest BCUT2D eigenvalue weighted by Crippen LogP contribution is -2.50. The van der Waals surface area contributed by atoms with E-state index in [4.69, 9.17) is 0 Å². The number of hydrogen-bond donors (Lipinski definition) is 0. The minimum atomic E-state index is 0.103. The Kier molecular flexibility index (Phi) is 3.57. The van der Waals surface area contributed by atoms with Gasteiger partial charge in [-0.1, -0.05) is 53.7 Å². The van der Waals surface area contributed by atoms with E-state index in [1.54, 1.807) is 11.3 Å². The first-order valence-electron chi connectivity index (χ1n) is 8.53. The Morgan fingerprint density at radius 3 is 2.62 bits per heavy atom. The van der Waals surface area contributed by atoms with Crippen molar-refractivity contribution >= 4 is 27.3 Å². The quantitative estimate of drug-likeness (QED) is 0.557. The number of thiophene rings is 1. The lowest BCUT2D eigenvalue weighted by Gasteiger charge is -2.38. The predicted octanol–water partition coefficient (Wildman–Crippen LogP) is 3.86. The van der Waals surface area contributed by atoms with Crippen LogP contribution in [0.2, 0.25) is 0 Å². The summed E-state index contributed by atoms with van der Waals surface area (Å²) in [6, 6.07) is 20.3. The first-order chi connectivity index (χ1) is 12.8. The SMILES string of the molecule is O=C(c1cc2ccccc2s1)N1CC(n2cc(-c3ccccc3)nn2)C1. The van der Waals surface area contributed by atoms with E-state index in [0.29, 0.717) is 13.1 Å². The molecule has 0 atom stereocenters. The Hall–Kier alpha value is -2.99. The third kappa shape index (κ3) is 2.59. The fraction of sp³-hybridized carbons (Fsp3) is 0.150. The minimum absolute atomic E-state index is 0.103. The van der Waals surface area contributed by atoms with Crippen LogP contribution in [0, 0.1) is 0 Å². The van der Waals surface area contributed by atoms with E-state index in [-0.39, 0.29) is 11.9 Å². The summed E-state index contributed by atoms with van der Waals surface area (Å²) < 4.78 is 3.02. The highest BCUT2D eigenvalue weighted by Gasteiger charge is 2.34. The Bertz CT molecular complexity index is 1050. The number of amides is 1. The highest BCUT2D eigenvalue weighted by Crippen LogP contribution is 2.30. The molecule has 0 spiro atoms. The maximum absolute atomic E-state index is 12.7. The Morgan fingerprint density at radius 1 is 1.04 bits per heavy atom. The molecular weight excluding hydrogens is 344 g/mol. The van der Waals surface area contributed by atoms with E-state index in [2.05, 4.69) is 16.4 Å². The fourth-order valence-electron chi connectivity index (χ4n) is 3.23. The van der Waals surface area contributed by atoms with Gasteiger partial charge < -0.3 is 4.90 Å². The van der Waals surface area contributed by atoms with E-state index in [0.717, 1.165) is 26.2 Å². The summed E-state index contributed by atoms with van der Waals surface area (Å²) >= 11 is 1.56. The van der Waals surface area contributed by atoms with Crippen LogP contribution in [0.25, 0.3) is 21.3 Å². The Labute approximate surface area is 154 Å². The van der Waals surface area contributed by atoms with Crippen molar-refractivity contribution in [3.8, 4) is 11.3 Å². The normalized spacial score (nSPS) is 14.5. The fourth-order valence-corrected chi connectivity index (χ4v) is 4.26. The van der Waals surface area contributed by atoms with Crippen molar-refractivity contribution in [2.75, 3.05) is 13.1 Å². The zero-order valence-corrected chi connectivity index (χ0v) is 14.8. The van der Waals surface area contributed by atoms with Gasteiger partial charge in [-0.15, -0.1) is 16.4 Å². The highest BCUT2D eigenvalue weighted by molar-refractivity contribution is 7.20. The molecule has 1 saturated heterocycles. The molecule has 0 aliphatic carbocycles. The van der Waals surface area contributed by atoms with Gasteiger partial charge in [0.25, 0.3) is 5.91 Å². The first-order valence-corrected chi connectivity index (χ1v) is 9.35. The molecular formula is C20H16N4OS. The molecule has 0 saturated carbocycles. The third-order valence-corrected chi connectivity index (χ3v) is 5.84. The van der Waals surface area contributed by atoms with Gasteiger partial charge in [0.05, 0.1) is 17.1 Å². The van der Waals surface area contributed by atoms with Gasteiger partial charge in [0, 0.05) is 23.4 Å². The van der Waals surface area contributed by atoms with Crippen LogP contribution in [0.15, 0.2) is 66.9 Å². The van der Waals surface area contributed by atoms with Crippen LogP contribution >= 0.6 is 11.3 Å². The Balaban J connectivity index is 1.28. The van der Waals surface area contributed by atoms with Gasteiger partial charge in [0.1, 0.15) is 5.69 Å². The number of carbonyl (C=O) groups is 1. The molecule has 5 nitrogen and oxygen atoms in total. The van der Waals surface area contributed by atoms with Crippen molar-refractivity contribution in [1.82, 2.24) is 19.9 Å². The standard InChI is InChI=1S/C20H16N4OS/c25-20(19-10-15-8-4-5-9-18(15)26-19)23-11-16(12-23)24-13-17(21-22-24)14-6-2-1-3-7-14/h1-10,13,16H,11-12H2. The lowest BCUT2D eigenvalue weighted by atomic mass is 10.1. The number of hydrogen-bond acceptors (Lipinski definition) is 4. The molecule has 0 bridgehead atoms. The average molecular weight is 360 g/mol. The second-order valence-corrected chi connectivity index (χ2v) is 7.55. The van der Waals surface area contributed by atoms with E-state index in [9.17, 15) is 4.79 Å². The summed E-state index contributed by atoms with van der Waals surface area (Å²) in [7, 11) is 0. The van der Waals surface area contributed by atoms with Crippen molar-refractivity contribution in [2.24, 2.45) is 0 Å². The second-order valence-electron chi connectivity index (χ2n) is 6.46. The summed E-state index contributed by atoms with van der Waals surface area (Å²) in [5.41, 5.74) is 1.91. The number of nitrogens with zero attached hydrogens (tertiary/aromatic N) is 4. The van der Waals surface area contributed by atoms with E-state index in [1.807, 2.05) is 70.4 Å². The van der Waals surface area contributed by atoms with E-state index in [1.165, 1.54) is 0 Å². The van der Waals surface area contributed by atoms with Crippen LogP contribution in [0.3, 0.4) is 0 Å². The van der Waals surface area contributed by atoms with Gasteiger partial charge >= 0.3 is 0 Å². The summed E-state index contributed by atoms with van der Waals surface area (Å²) in [6.45, 7) is 1.34. The molecule has 1 aliphatic heterocycles. The van der Waals surface area contributed by atoms with E-state index < -0.39 is 0 Å². The van der Waals surface area contributed by atoms with Gasteiger partial charge in [-0.2, -0.15) is 0 Å². The van der Waals surface area contributed by atoms with Crippen molar-refractivity contribution in [3.63, 3.8) is 0 Å². The smallest absolute Gasteiger partial charge is 0.264 e. The monoisotopic (exact) mass is 360 g/mol. The molecule has 0 N–H and O–H groups in total. The zero-order chi connectivity index (χ0) is 17.5. The van der Waals surface area contributed by atoms with Crippen LogP contribution in [0.4, 0.5) is 0 Å². The summed E-state index contributed by atoms with van der Waals surface area (Å²) in [4.78, 5) is 15.4. The molecule has 2 aromatic carbocycles. The topological polar surface area (TPSA) is 51.0 Å². The van der Waals surface area contributed by atoms with E-state index >= 15 is 0 Å². The van der Waals surface area contributed by atoms with Gasteiger partial charge in [-0.25, -0.2) is 4.68 Å². The number of carbonyl (C=O) groups excluding carboxylic acids is 1. The van der Waals surface area contributed by atoms with Crippen LogP contribution in [0.1, 0.15) is 15.7 Å². The summed E-state index contributed by atoms with van der Waals surface area (Å²) in [5.74, 6) is 0.103. The minimum Gasteiger partial charge on any atom is -0.334 e. The number of fused-ring (bicyclic) bond motifs is 1. The number of likely N-dealkylation sites (tertiary alicyclic amines) is 1. The van der Waals surface area contributed by atoms with Crippen molar-refractivity contribution in [3.05, 3.63) is 71.7 Å². The number of aromatic nitrogens is 3. The lowest BCUT2D eigenvalue weighted by molar-refractivity contribution is 0.0503. The molecule has 1 amide bonds. The summed E-state index contributed by atoms with van der Waals surface area (Å²) in [5, 5.41) is 9.63. The van der Waals surface area contributed by atoms with Crippen LogP contribution in [0.5, 0.6) is 0 Å². The predicted molar refractivity (Wildman–Crippen MR) is 102 cm³/mol. The molecule has 1 fully saturated rings. The van der Waals surface area contributed by atoms with Crippen molar-refractivity contribution in [2.45, 2.75) is 6.04 Å². The maximum atomic E-state index is 12.7. The van der Waals surface area contributed by atoms with Crippen molar-refractivity contribution in [1.29, 1.82) is 0 Å². The highest BCUT2D eigenvalue weighted by atomic mass is 32.1.